The Hall–Kier alpha value is -1.19. The summed E-state index contributed by atoms with van der Waals surface area (Å²) in [7, 11) is 0. The molecule has 266 valence electrons. The third-order valence-electron chi connectivity index (χ3n) is 14.1. The van der Waals surface area contributed by atoms with Crippen molar-refractivity contribution in [3.8, 4) is 0 Å². The van der Waals surface area contributed by atoms with E-state index < -0.39 is 67.5 Å². The second kappa shape index (κ2) is 12.5. The summed E-state index contributed by atoms with van der Waals surface area (Å²) in [4.78, 5) is 11.9. The molecule has 0 amide bonds. The van der Waals surface area contributed by atoms with E-state index in [-0.39, 0.29) is 41.2 Å². The largest absolute Gasteiger partial charge is 0.458 e. The van der Waals surface area contributed by atoms with Crippen LogP contribution in [0.1, 0.15) is 85.0 Å². The molecule has 0 aromatic heterocycles. The molecule has 17 atom stereocenters. The summed E-state index contributed by atoms with van der Waals surface area (Å²) in [6.07, 6.45) is 0.0861. The monoisotopic (exact) mass is 666 g/mol. The summed E-state index contributed by atoms with van der Waals surface area (Å²) in [6, 6.07) is 0. The molecule has 12 nitrogen and oxygen atoms in total. The van der Waals surface area contributed by atoms with Gasteiger partial charge >= 0.3 is 5.97 Å². The van der Waals surface area contributed by atoms with Crippen LogP contribution in [-0.4, -0.2) is 117 Å². The molecule has 0 radical (unpaired) electrons. The van der Waals surface area contributed by atoms with Gasteiger partial charge in [-0.1, -0.05) is 13.8 Å². The van der Waals surface area contributed by atoms with Crippen molar-refractivity contribution in [3.63, 3.8) is 0 Å². The predicted molar refractivity (Wildman–Crippen MR) is 164 cm³/mol. The van der Waals surface area contributed by atoms with Gasteiger partial charge in [0, 0.05) is 17.9 Å². The van der Waals surface area contributed by atoms with Crippen LogP contribution >= 0.6 is 0 Å². The minimum absolute atomic E-state index is 0.0171. The molecular formula is C35H54O12. The molecule has 3 aliphatic heterocycles. The van der Waals surface area contributed by atoms with Crippen molar-refractivity contribution >= 4 is 5.97 Å². The number of rotatable bonds is 6. The predicted octanol–water partition coefficient (Wildman–Crippen LogP) is 1.31. The minimum atomic E-state index is -1.57. The summed E-state index contributed by atoms with van der Waals surface area (Å²) in [5.41, 5.74) is 0.164. The highest BCUT2D eigenvalue weighted by atomic mass is 16.7. The molecule has 0 aromatic rings. The molecule has 2 saturated heterocycles. The molecule has 3 heterocycles. The van der Waals surface area contributed by atoms with Gasteiger partial charge in [0.2, 0.25) is 0 Å². The zero-order valence-electron chi connectivity index (χ0n) is 27.8. The summed E-state index contributed by atoms with van der Waals surface area (Å²) in [5.74, 6) is 1.06. The van der Waals surface area contributed by atoms with Crippen LogP contribution in [0.3, 0.4) is 0 Å². The molecular weight excluding hydrogens is 612 g/mol. The number of ether oxygens (including phenoxy) is 5. The number of aliphatic hydroxyl groups is 6. The second-order valence-corrected chi connectivity index (χ2v) is 16.2. The zero-order chi connectivity index (χ0) is 33.5. The van der Waals surface area contributed by atoms with E-state index in [0.29, 0.717) is 18.4 Å². The van der Waals surface area contributed by atoms with E-state index in [9.17, 15) is 35.4 Å². The van der Waals surface area contributed by atoms with Gasteiger partial charge in [0.1, 0.15) is 37.1 Å². The standard InChI is InChI=1S/C35H54O12/c1-17-31(47-32-30(41)29(40)28(39)25(15-36)46-32)24(37)14-27(44-17)45-20-6-9-33(2)19(13-20)4-5-23-22(33)7-10-34(3)21(8-11-35(23,34)42)18-12-26(38)43-16-18/h12,17,19-25,27-32,36-37,39-42H,4-11,13-16H2,1-3H3/t17-,19-,20+,21-,22+,23-,24+,25-,27+,28-,29+,30-,31-,32-,33+,34-,35+/m1/s1. The molecule has 12 heteroatoms. The fourth-order valence-corrected chi connectivity index (χ4v) is 11.3. The lowest BCUT2D eigenvalue weighted by atomic mass is 9.43. The van der Waals surface area contributed by atoms with E-state index in [1.54, 1.807) is 13.0 Å². The van der Waals surface area contributed by atoms with Gasteiger partial charge in [0.05, 0.1) is 30.5 Å². The fourth-order valence-electron chi connectivity index (χ4n) is 11.3. The summed E-state index contributed by atoms with van der Waals surface area (Å²) >= 11 is 0. The molecule has 7 rings (SSSR count). The van der Waals surface area contributed by atoms with Crippen molar-refractivity contribution in [1.82, 2.24) is 0 Å². The first-order valence-electron chi connectivity index (χ1n) is 17.8. The van der Waals surface area contributed by atoms with Crippen molar-refractivity contribution in [2.45, 2.75) is 152 Å². The molecule has 6 fully saturated rings. The number of hydrogen-bond donors (Lipinski definition) is 6. The van der Waals surface area contributed by atoms with Gasteiger partial charge in [-0.2, -0.15) is 0 Å². The van der Waals surface area contributed by atoms with Crippen LogP contribution in [0.25, 0.3) is 0 Å². The molecule has 6 N–H and O–H groups in total. The van der Waals surface area contributed by atoms with Gasteiger partial charge in [0.15, 0.2) is 12.6 Å². The van der Waals surface area contributed by atoms with Gasteiger partial charge < -0.3 is 54.3 Å². The van der Waals surface area contributed by atoms with Crippen LogP contribution in [0.4, 0.5) is 0 Å². The quantitative estimate of drug-likeness (QED) is 0.177. The maximum absolute atomic E-state index is 12.5. The Labute approximate surface area is 276 Å². The Balaban J connectivity index is 0.958. The Morgan fingerprint density at radius 1 is 0.894 bits per heavy atom. The van der Waals surface area contributed by atoms with E-state index in [2.05, 4.69) is 13.8 Å². The van der Waals surface area contributed by atoms with Crippen LogP contribution in [0.15, 0.2) is 11.6 Å². The van der Waals surface area contributed by atoms with Crippen LogP contribution < -0.4 is 0 Å². The number of fused-ring (bicyclic) bond motifs is 5. The lowest BCUT2D eigenvalue weighted by Crippen LogP contribution is -2.62. The first-order valence-corrected chi connectivity index (χ1v) is 17.8. The Morgan fingerprint density at radius 2 is 1.68 bits per heavy atom. The number of esters is 1. The van der Waals surface area contributed by atoms with Gasteiger partial charge in [-0.05, 0) is 99.4 Å². The lowest BCUT2D eigenvalue weighted by Gasteiger charge is -2.64. The first kappa shape index (κ1) is 34.3. The van der Waals surface area contributed by atoms with E-state index in [1.165, 1.54) is 0 Å². The number of carbonyl (C=O) groups is 1. The van der Waals surface area contributed by atoms with Crippen LogP contribution in [0, 0.1) is 34.5 Å². The van der Waals surface area contributed by atoms with Crippen molar-refractivity contribution < 1.29 is 59.1 Å². The molecule has 4 saturated carbocycles. The van der Waals surface area contributed by atoms with Crippen molar-refractivity contribution in [2.24, 2.45) is 34.5 Å². The summed E-state index contributed by atoms with van der Waals surface area (Å²) in [6.45, 7) is 6.22. The number of carbonyl (C=O) groups excluding carboxylic acids is 1. The maximum atomic E-state index is 12.5. The van der Waals surface area contributed by atoms with Crippen LogP contribution in [-0.2, 0) is 28.5 Å². The molecule has 47 heavy (non-hydrogen) atoms. The highest BCUT2D eigenvalue weighted by Gasteiger charge is 2.67. The number of cyclic esters (lactones) is 1. The molecule has 0 spiro atoms. The highest BCUT2D eigenvalue weighted by molar-refractivity contribution is 5.85. The van der Waals surface area contributed by atoms with E-state index in [1.807, 2.05) is 0 Å². The number of hydrogen-bond acceptors (Lipinski definition) is 12. The SMILES string of the molecule is C[C@H]1O[C@@H](O[C@H]2CC[C@@]3(C)[C@H](CC[C@@H]4[C@@H]3CC[C@]3(C)[C@@H](C5=CC(=O)OC5)CC[C@]43O)C2)C[C@H](O)[C@@H]1O[C@H]1O[C@H](CO)[C@@H](O)[C@H](O)[C@H]1O. The van der Waals surface area contributed by atoms with Crippen molar-refractivity contribution in [3.05, 3.63) is 11.6 Å². The fraction of sp³-hybridized carbons (Fsp3) is 0.914. The second-order valence-electron chi connectivity index (χ2n) is 16.2. The molecule has 0 bridgehead atoms. The van der Waals surface area contributed by atoms with Crippen molar-refractivity contribution in [1.29, 1.82) is 0 Å². The number of aliphatic hydroxyl groups excluding tert-OH is 5. The van der Waals surface area contributed by atoms with E-state index >= 15 is 0 Å². The average molecular weight is 667 g/mol. The summed E-state index contributed by atoms with van der Waals surface area (Å²) in [5, 5.41) is 63.6. The van der Waals surface area contributed by atoms with Gasteiger partial charge in [-0.25, -0.2) is 4.79 Å². The van der Waals surface area contributed by atoms with Crippen molar-refractivity contribution in [2.75, 3.05) is 13.2 Å². The average Bonchev–Trinajstić information content (AvgIpc) is 3.58. The lowest BCUT2D eigenvalue weighted by molar-refractivity contribution is -0.344. The Morgan fingerprint density at radius 3 is 2.38 bits per heavy atom. The van der Waals surface area contributed by atoms with Crippen LogP contribution in [0.5, 0.6) is 0 Å². The van der Waals surface area contributed by atoms with E-state index in [0.717, 1.165) is 63.4 Å². The van der Waals surface area contributed by atoms with Gasteiger partial charge in [0.25, 0.3) is 0 Å². The van der Waals surface area contributed by atoms with Gasteiger partial charge in [-0.3, -0.25) is 0 Å². The smallest absolute Gasteiger partial charge is 0.331 e. The summed E-state index contributed by atoms with van der Waals surface area (Å²) < 4.78 is 29.2. The molecule has 0 unspecified atom stereocenters. The molecule has 4 aliphatic carbocycles. The molecule has 7 aliphatic rings. The van der Waals surface area contributed by atoms with E-state index in [4.69, 9.17) is 23.7 Å². The molecule has 0 aromatic carbocycles. The third kappa shape index (κ3) is 5.53. The Bertz CT molecular complexity index is 1200. The topological polar surface area (TPSA) is 185 Å². The third-order valence-corrected chi connectivity index (χ3v) is 14.1. The Kier molecular flexibility index (Phi) is 9.14. The minimum Gasteiger partial charge on any atom is -0.458 e. The first-order chi connectivity index (χ1) is 22.3. The van der Waals surface area contributed by atoms with Crippen LogP contribution in [0.2, 0.25) is 0 Å². The highest BCUT2D eigenvalue weighted by Crippen LogP contribution is 2.70. The normalized spacial score (nSPS) is 54.7. The van der Waals surface area contributed by atoms with Gasteiger partial charge in [-0.15, -0.1) is 0 Å². The zero-order valence-corrected chi connectivity index (χ0v) is 27.8. The maximum Gasteiger partial charge on any atom is 0.331 e.